The largest absolute Gasteiger partial charge is 0.382 e. The number of nitrogen functional groups attached to an aromatic ring is 1. The highest BCUT2D eigenvalue weighted by molar-refractivity contribution is 5.81. The lowest BCUT2D eigenvalue weighted by Crippen LogP contribution is -1.93. The fraction of sp³-hybridized carbons (Fsp3) is 0. The summed E-state index contributed by atoms with van der Waals surface area (Å²) in [5.74, 6) is 0.407. The van der Waals surface area contributed by atoms with Crippen LogP contribution in [0.15, 0.2) is 36.8 Å². The Balaban J connectivity index is 2.19. The zero-order valence-corrected chi connectivity index (χ0v) is 8.38. The standard InChI is InChI=1S/C11H9N5/c12-10-6-13-5-9(15-10)8-4-7-2-1-3-14-11(7)16-8/h1-6H,(H2,12,15)(H,14,16). The van der Waals surface area contributed by atoms with Crippen molar-refractivity contribution in [1.82, 2.24) is 19.9 Å². The number of rotatable bonds is 1. The maximum absolute atomic E-state index is 5.59. The van der Waals surface area contributed by atoms with Gasteiger partial charge in [-0.05, 0) is 18.2 Å². The third-order valence-electron chi connectivity index (χ3n) is 2.32. The number of fused-ring (bicyclic) bond motifs is 1. The third kappa shape index (κ3) is 1.38. The number of hydrogen-bond acceptors (Lipinski definition) is 4. The zero-order chi connectivity index (χ0) is 11.0. The van der Waals surface area contributed by atoms with Crippen molar-refractivity contribution in [1.29, 1.82) is 0 Å². The van der Waals surface area contributed by atoms with Gasteiger partial charge in [-0.3, -0.25) is 4.98 Å². The van der Waals surface area contributed by atoms with Gasteiger partial charge in [0.25, 0.3) is 0 Å². The minimum Gasteiger partial charge on any atom is -0.382 e. The van der Waals surface area contributed by atoms with E-state index in [-0.39, 0.29) is 0 Å². The highest BCUT2D eigenvalue weighted by Crippen LogP contribution is 2.20. The number of aromatic nitrogens is 4. The van der Waals surface area contributed by atoms with Gasteiger partial charge in [0.15, 0.2) is 0 Å². The van der Waals surface area contributed by atoms with Crippen LogP contribution in [-0.4, -0.2) is 19.9 Å². The quantitative estimate of drug-likeness (QED) is 0.640. The van der Waals surface area contributed by atoms with Crippen LogP contribution in [0.25, 0.3) is 22.4 Å². The van der Waals surface area contributed by atoms with E-state index in [1.807, 2.05) is 18.2 Å². The van der Waals surface area contributed by atoms with Crippen molar-refractivity contribution < 1.29 is 0 Å². The summed E-state index contributed by atoms with van der Waals surface area (Å²) < 4.78 is 0. The van der Waals surface area contributed by atoms with Crippen molar-refractivity contribution in [3.63, 3.8) is 0 Å². The van der Waals surface area contributed by atoms with E-state index in [0.717, 1.165) is 22.4 Å². The Morgan fingerprint density at radius 2 is 2.19 bits per heavy atom. The minimum absolute atomic E-state index is 0.407. The van der Waals surface area contributed by atoms with Crippen LogP contribution in [0.2, 0.25) is 0 Å². The van der Waals surface area contributed by atoms with Gasteiger partial charge in [-0.15, -0.1) is 0 Å². The Labute approximate surface area is 91.4 Å². The number of nitrogens with two attached hydrogens (primary N) is 1. The SMILES string of the molecule is Nc1cncc(-c2cc3cccnc3[nH]2)n1. The van der Waals surface area contributed by atoms with E-state index in [1.165, 1.54) is 6.20 Å². The first-order valence-corrected chi connectivity index (χ1v) is 4.84. The molecule has 78 valence electrons. The summed E-state index contributed by atoms with van der Waals surface area (Å²) in [4.78, 5) is 15.6. The first kappa shape index (κ1) is 8.84. The monoisotopic (exact) mass is 211 g/mol. The van der Waals surface area contributed by atoms with Gasteiger partial charge in [-0.25, -0.2) is 9.97 Å². The maximum atomic E-state index is 5.59. The van der Waals surface area contributed by atoms with E-state index in [1.54, 1.807) is 12.4 Å². The smallest absolute Gasteiger partial charge is 0.142 e. The van der Waals surface area contributed by atoms with Gasteiger partial charge < -0.3 is 10.7 Å². The molecule has 0 fully saturated rings. The molecule has 0 atom stereocenters. The summed E-state index contributed by atoms with van der Waals surface area (Å²) in [6.45, 7) is 0. The molecular formula is C11H9N5. The van der Waals surface area contributed by atoms with Crippen molar-refractivity contribution in [3.8, 4) is 11.4 Å². The normalized spacial score (nSPS) is 10.8. The van der Waals surface area contributed by atoms with Gasteiger partial charge in [0.05, 0.1) is 18.1 Å². The van der Waals surface area contributed by atoms with Crippen molar-refractivity contribution in [2.24, 2.45) is 0 Å². The highest BCUT2D eigenvalue weighted by Gasteiger charge is 2.05. The van der Waals surface area contributed by atoms with E-state index >= 15 is 0 Å². The number of hydrogen-bond donors (Lipinski definition) is 2. The van der Waals surface area contributed by atoms with E-state index in [9.17, 15) is 0 Å². The molecule has 0 aliphatic heterocycles. The second-order valence-corrected chi connectivity index (χ2v) is 3.45. The number of pyridine rings is 1. The highest BCUT2D eigenvalue weighted by atomic mass is 14.9. The molecule has 16 heavy (non-hydrogen) atoms. The molecule has 0 radical (unpaired) electrons. The second-order valence-electron chi connectivity index (χ2n) is 3.45. The summed E-state index contributed by atoms with van der Waals surface area (Å²) in [6, 6.07) is 5.86. The summed E-state index contributed by atoms with van der Waals surface area (Å²) in [6.07, 6.45) is 4.93. The minimum atomic E-state index is 0.407. The lowest BCUT2D eigenvalue weighted by molar-refractivity contribution is 1.20. The van der Waals surface area contributed by atoms with Gasteiger partial charge in [-0.1, -0.05) is 0 Å². The fourth-order valence-electron chi connectivity index (χ4n) is 1.61. The molecule has 0 unspecified atom stereocenters. The molecule has 0 amide bonds. The van der Waals surface area contributed by atoms with Gasteiger partial charge in [0.1, 0.15) is 17.2 Å². The van der Waals surface area contributed by atoms with Crippen LogP contribution in [-0.2, 0) is 0 Å². The molecular weight excluding hydrogens is 202 g/mol. The molecule has 0 spiro atoms. The van der Waals surface area contributed by atoms with Crippen LogP contribution in [0.4, 0.5) is 5.82 Å². The summed E-state index contributed by atoms with van der Waals surface area (Å²) in [7, 11) is 0. The van der Waals surface area contributed by atoms with Crippen LogP contribution in [0.5, 0.6) is 0 Å². The Bertz CT molecular complexity index is 610. The molecule has 5 nitrogen and oxygen atoms in total. The lowest BCUT2D eigenvalue weighted by atomic mass is 10.3. The van der Waals surface area contributed by atoms with Gasteiger partial charge in [-0.2, -0.15) is 0 Å². The number of nitrogens with one attached hydrogen (secondary N) is 1. The Morgan fingerprint density at radius 3 is 3.00 bits per heavy atom. The Morgan fingerprint density at radius 1 is 1.25 bits per heavy atom. The summed E-state index contributed by atoms with van der Waals surface area (Å²) >= 11 is 0. The molecule has 0 saturated carbocycles. The molecule has 3 aromatic heterocycles. The average molecular weight is 211 g/mol. The molecule has 3 aromatic rings. The van der Waals surface area contributed by atoms with E-state index in [2.05, 4.69) is 19.9 Å². The topological polar surface area (TPSA) is 80.5 Å². The van der Waals surface area contributed by atoms with Crippen LogP contribution < -0.4 is 5.73 Å². The van der Waals surface area contributed by atoms with Crippen molar-refractivity contribution in [2.75, 3.05) is 5.73 Å². The summed E-state index contributed by atoms with van der Waals surface area (Å²) in [5, 5.41) is 1.04. The Kier molecular flexibility index (Phi) is 1.83. The molecule has 0 aromatic carbocycles. The molecule has 5 heteroatoms. The number of nitrogens with zero attached hydrogens (tertiary/aromatic N) is 3. The van der Waals surface area contributed by atoms with Crippen molar-refractivity contribution in [3.05, 3.63) is 36.8 Å². The molecule has 0 aliphatic rings. The molecule has 3 N–H and O–H groups in total. The molecule has 3 rings (SSSR count). The van der Waals surface area contributed by atoms with E-state index in [4.69, 9.17) is 5.73 Å². The number of aromatic amines is 1. The first-order chi connectivity index (χ1) is 7.83. The average Bonchev–Trinajstić information content (AvgIpc) is 2.72. The molecule has 0 saturated heterocycles. The summed E-state index contributed by atoms with van der Waals surface area (Å²) in [5.41, 5.74) is 8.01. The number of H-pyrrole nitrogens is 1. The molecule has 0 aliphatic carbocycles. The van der Waals surface area contributed by atoms with Crippen molar-refractivity contribution >= 4 is 16.9 Å². The van der Waals surface area contributed by atoms with E-state index < -0.39 is 0 Å². The molecule has 3 heterocycles. The van der Waals surface area contributed by atoms with Crippen LogP contribution in [0.1, 0.15) is 0 Å². The zero-order valence-electron chi connectivity index (χ0n) is 8.38. The predicted molar refractivity (Wildman–Crippen MR) is 61.5 cm³/mol. The van der Waals surface area contributed by atoms with Crippen LogP contribution >= 0.6 is 0 Å². The van der Waals surface area contributed by atoms with Gasteiger partial charge in [0, 0.05) is 11.6 Å². The number of anilines is 1. The third-order valence-corrected chi connectivity index (χ3v) is 2.32. The van der Waals surface area contributed by atoms with Crippen LogP contribution in [0.3, 0.4) is 0 Å². The second kappa shape index (κ2) is 3.30. The predicted octanol–water partition coefficient (Wildman–Crippen LogP) is 1.60. The first-order valence-electron chi connectivity index (χ1n) is 4.84. The lowest BCUT2D eigenvalue weighted by Gasteiger charge is -1.96. The van der Waals surface area contributed by atoms with Gasteiger partial charge >= 0.3 is 0 Å². The fourth-order valence-corrected chi connectivity index (χ4v) is 1.61. The van der Waals surface area contributed by atoms with Gasteiger partial charge in [0.2, 0.25) is 0 Å². The maximum Gasteiger partial charge on any atom is 0.142 e. The van der Waals surface area contributed by atoms with E-state index in [0.29, 0.717) is 5.82 Å². The molecule has 0 bridgehead atoms. The van der Waals surface area contributed by atoms with Crippen LogP contribution in [0, 0.1) is 0 Å². The Hall–Kier alpha value is -2.43. The van der Waals surface area contributed by atoms with Crippen molar-refractivity contribution in [2.45, 2.75) is 0 Å².